The first-order valence-corrected chi connectivity index (χ1v) is 8.38. The molecule has 0 saturated carbocycles. The normalized spacial score (nSPS) is 11.1. The van der Waals surface area contributed by atoms with Gasteiger partial charge in [0.1, 0.15) is 5.58 Å². The highest BCUT2D eigenvalue weighted by atomic mass is 35.5. The molecule has 0 aliphatic carbocycles. The second-order valence-corrected chi connectivity index (χ2v) is 6.73. The first-order valence-electron chi connectivity index (χ1n) is 8.00. The van der Waals surface area contributed by atoms with Crippen molar-refractivity contribution >= 4 is 34.2 Å². The lowest BCUT2D eigenvalue weighted by atomic mass is 9.98. The lowest BCUT2D eigenvalue weighted by molar-refractivity contribution is 0.0997. The third-order valence-corrected chi connectivity index (χ3v) is 4.30. The molecule has 0 aliphatic heterocycles. The summed E-state index contributed by atoms with van der Waals surface area (Å²) >= 11 is 5.89. The Hall–Kier alpha value is -2.59. The SMILES string of the molecule is Cc1cc(NC(=O)c2cc(=O)c3cc(Cl)ccc3o2)ccc1C(C)C. The van der Waals surface area contributed by atoms with E-state index in [-0.39, 0.29) is 11.2 Å². The summed E-state index contributed by atoms with van der Waals surface area (Å²) in [6, 6.07) is 11.7. The van der Waals surface area contributed by atoms with Crippen molar-refractivity contribution < 1.29 is 9.21 Å². The first-order chi connectivity index (χ1) is 11.8. The van der Waals surface area contributed by atoms with Crippen molar-refractivity contribution in [2.75, 3.05) is 5.32 Å². The predicted molar refractivity (Wildman–Crippen MR) is 101 cm³/mol. The van der Waals surface area contributed by atoms with E-state index >= 15 is 0 Å². The molecule has 4 nitrogen and oxygen atoms in total. The van der Waals surface area contributed by atoms with Crippen LogP contribution in [0.25, 0.3) is 11.0 Å². The van der Waals surface area contributed by atoms with Crippen molar-refractivity contribution in [3.8, 4) is 0 Å². The summed E-state index contributed by atoms with van der Waals surface area (Å²) in [6.45, 7) is 6.25. The zero-order chi connectivity index (χ0) is 18.1. The van der Waals surface area contributed by atoms with Crippen molar-refractivity contribution in [1.82, 2.24) is 0 Å². The Balaban J connectivity index is 1.91. The molecule has 25 heavy (non-hydrogen) atoms. The summed E-state index contributed by atoms with van der Waals surface area (Å²) in [7, 11) is 0. The Morgan fingerprint density at radius 2 is 1.88 bits per heavy atom. The number of nitrogens with one attached hydrogen (secondary N) is 1. The van der Waals surface area contributed by atoms with E-state index in [1.165, 1.54) is 17.7 Å². The number of carbonyl (C=O) groups excluding carboxylic acids is 1. The summed E-state index contributed by atoms with van der Waals surface area (Å²) in [5.41, 5.74) is 3.01. The second kappa shape index (κ2) is 6.73. The van der Waals surface area contributed by atoms with Crippen molar-refractivity contribution in [2.24, 2.45) is 0 Å². The maximum Gasteiger partial charge on any atom is 0.291 e. The van der Waals surface area contributed by atoms with E-state index in [1.54, 1.807) is 12.1 Å². The lowest BCUT2D eigenvalue weighted by Gasteiger charge is -2.12. The fraction of sp³-hybridized carbons (Fsp3) is 0.200. The van der Waals surface area contributed by atoms with Crippen molar-refractivity contribution in [3.63, 3.8) is 0 Å². The molecule has 1 heterocycles. The van der Waals surface area contributed by atoms with Crippen LogP contribution in [0.15, 0.2) is 51.7 Å². The minimum absolute atomic E-state index is 0.0367. The van der Waals surface area contributed by atoms with Crippen LogP contribution in [0.5, 0.6) is 0 Å². The van der Waals surface area contributed by atoms with Crippen LogP contribution >= 0.6 is 11.6 Å². The number of hydrogen-bond acceptors (Lipinski definition) is 3. The quantitative estimate of drug-likeness (QED) is 0.708. The Bertz CT molecular complexity index is 1020. The number of benzene rings is 2. The van der Waals surface area contributed by atoms with Gasteiger partial charge in [0.25, 0.3) is 5.91 Å². The van der Waals surface area contributed by atoms with Crippen molar-refractivity contribution in [1.29, 1.82) is 0 Å². The molecule has 1 N–H and O–H groups in total. The molecule has 0 spiro atoms. The van der Waals surface area contributed by atoms with Crippen molar-refractivity contribution in [2.45, 2.75) is 26.7 Å². The van der Waals surface area contributed by atoms with Gasteiger partial charge in [0.15, 0.2) is 11.2 Å². The fourth-order valence-corrected chi connectivity index (χ4v) is 3.01. The van der Waals surface area contributed by atoms with E-state index in [0.29, 0.717) is 27.6 Å². The highest BCUT2D eigenvalue weighted by Gasteiger charge is 2.14. The average molecular weight is 356 g/mol. The van der Waals surface area contributed by atoms with Gasteiger partial charge in [-0.25, -0.2) is 0 Å². The van der Waals surface area contributed by atoms with E-state index in [4.69, 9.17) is 16.0 Å². The van der Waals surface area contributed by atoms with Crippen LogP contribution in [-0.2, 0) is 0 Å². The monoisotopic (exact) mass is 355 g/mol. The summed E-state index contributed by atoms with van der Waals surface area (Å²) in [5, 5.41) is 3.56. The van der Waals surface area contributed by atoms with Gasteiger partial charge in [0.2, 0.25) is 0 Å². The highest BCUT2D eigenvalue weighted by Crippen LogP contribution is 2.23. The Morgan fingerprint density at radius 3 is 2.56 bits per heavy atom. The van der Waals surface area contributed by atoms with Gasteiger partial charge in [-0.2, -0.15) is 0 Å². The number of rotatable bonds is 3. The van der Waals surface area contributed by atoms with Gasteiger partial charge in [-0.3, -0.25) is 9.59 Å². The van der Waals surface area contributed by atoms with Crippen LogP contribution in [-0.4, -0.2) is 5.91 Å². The van der Waals surface area contributed by atoms with Crippen LogP contribution in [0, 0.1) is 6.92 Å². The van der Waals surface area contributed by atoms with E-state index < -0.39 is 5.91 Å². The molecular weight excluding hydrogens is 338 g/mol. The van der Waals surface area contributed by atoms with Gasteiger partial charge in [-0.1, -0.05) is 31.5 Å². The number of amides is 1. The number of hydrogen-bond donors (Lipinski definition) is 1. The van der Waals surface area contributed by atoms with Crippen LogP contribution in [0.1, 0.15) is 41.4 Å². The molecule has 0 fully saturated rings. The molecule has 0 bridgehead atoms. The fourth-order valence-electron chi connectivity index (χ4n) is 2.83. The van der Waals surface area contributed by atoms with Crippen LogP contribution in [0.3, 0.4) is 0 Å². The molecule has 128 valence electrons. The number of anilines is 1. The Labute approximate surface area is 150 Å². The standard InChI is InChI=1S/C20H18ClNO3/c1-11(2)15-6-5-14(8-12(15)3)22-20(24)19-10-17(23)16-9-13(21)4-7-18(16)25-19/h4-11H,1-3H3,(H,22,24). The lowest BCUT2D eigenvalue weighted by Crippen LogP contribution is -2.15. The Morgan fingerprint density at radius 1 is 1.12 bits per heavy atom. The van der Waals surface area contributed by atoms with Crippen LogP contribution in [0.4, 0.5) is 5.69 Å². The van der Waals surface area contributed by atoms with E-state index in [2.05, 4.69) is 19.2 Å². The smallest absolute Gasteiger partial charge is 0.291 e. The molecule has 0 aliphatic rings. The van der Waals surface area contributed by atoms with E-state index in [0.717, 1.165) is 5.56 Å². The van der Waals surface area contributed by atoms with Gasteiger partial charge >= 0.3 is 0 Å². The van der Waals surface area contributed by atoms with Gasteiger partial charge in [0.05, 0.1) is 5.39 Å². The zero-order valence-corrected chi connectivity index (χ0v) is 15.0. The summed E-state index contributed by atoms with van der Waals surface area (Å²) in [5.74, 6) is -0.0915. The van der Waals surface area contributed by atoms with Crippen molar-refractivity contribution in [3.05, 3.63) is 74.6 Å². The second-order valence-electron chi connectivity index (χ2n) is 6.30. The third kappa shape index (κ3) is 3.59. The largest absolute Gasteiger partial charge is 0.451 e. The van der Waals surface area contributed by atoms with Crippen LogP contribution in [0.2, 0.25) is 5.02 Å². The summed E-state index contributed by atoms with van der Waals surface area (Å²) in [4.78, 5) is 24.6. The molecular formula is C20H18ClNO3. The average Bonchev–Trinajstić information content (AvgIpc) is 2.55. The molecule has 2 aromatic carbocycles. The molecule has 0 unspecified atom stereocenters. The van der Waals surface area contributed by atoms with Gasteiger partial charge in [-0.05, 0) is 54.3 Å². The molecule has 1 aromatic heterocycles. The third-order valence-electron chi connectivity index (χ3n) is 4.06. The number of aryl methyl sites for hydroxylation is 1. The van der Waals surface area contributed by atoms with E-state index in [9.17, 15) is 9.59 Å². The minimum atomic E-state index is -0.467. The number of carbonyl (C=O) groups is 1. The summed E-state index contributed by atoms with van der Waals surface area (Å²) in [6.07, 6.45) is 0. The minimum Gasteiger partial charge on any atom is -0.451 e. The van der Waals surface area contributed by atoms with Gasteiger partial charge in [-0.15, -0.1) is 0 Å². The number of halogens is 1. The zero-order valence-electron chi connectivity index (χ0n) is 14.2. The topological polar surface area (TPSA) is 59.3 Å². The Kier molecular flexibility index (Phi) is 4.64. The predicted octanol–water partition coefficient (Wildman–Crippen LogP) is 5.13. The maximum atomic E-state index is 12.4. The molecule has 1 amide bonds. The molecule has 5 heteroatoms. The van der Waals surface area contributed by atoms with Gasteiger partial charge < -0.3 is 9.73 Å². The van der Waals surface area contributed by atoms with Crippen LogP contribution < -0.4 is 10.7 Å². The molecule has 0 atom stereocenters. The molecule has 0 saturated heterocycles. The molecule has 0 radical (unpaired) electrons. The maximum absolute atomic E-state index is 12.4. The van der Waals surface area contributed by atoms with E-state index in [1.807, 2.05) is 25.1 Å². The molecule has 3 aromatic rings. The van der Waals surface area contributed by atoms with Gasteiger partial charge in [0, 0.05) is 16.8 Å². The summed E-state index contributed by atoms with van der Waals surface area (Å²) < 4.78 is 5.55. The molecule has 3 rings (SSSR count). The number of fused-ring (bicyclic) bond motifs is 1. The first kappa shape index (κ1) is 17.2. The highest BCUT2D eigenvalue weighted by molar-refractivity contribution is 6.31.